The van der Waals surface area contributed by atoms with Gasteiger partial charge in [0.2, 0.25) is 0 Å². The number of nitrogens with one attached hydrogen (secondary N) is 1. The topological polar surface area (TPSA) is 106 Å². The third kappa shape index (κ3) is 4.30. The van der Waals surface area contributed by atoms with Crippen LogP contribution in [-0.2, 0) is 12.7 Å². The van der Waals surface area contributed by atoms with Crippen LogP contribution in [0.5, 0.6) is 0 Å². The summed E-state index contributed by atoms with van der Waals surface area (Å²) >= 11 is 0. The van der Waals surface area contributed by atoms with Crippen LogP contribution in [0, 0.1) is 0 Å². The van der Waals surface area contributed by atoms with Crippen molar-refractivity contribution < 1.29 is 23.1 Å². The molecule has 0 spiro atoms. The summed E-state index contributed by atoms with van der Waals surface area (Å²) < 4.78 is 40.1. The van der Waals surface area contributed by atoms with Gasteiger partial charge >= 0.3 is 6.18 Å². The second-order valence-electron chi connectivity index (χ2n) is 4.97. The number of nitrogens with zero attached hydrogens (tertiary/aromatic N) is 3. The van der Waals surface area contributed by atoms with Crippen molar-refractivity contribution in [1.82, 2.24) is 20.3 Å². The lowest BCUT2D eigenvalue weighted by Gasteiger charge is -2.17. The molecule has 1 aromatic heterocycles. The number of aliphatic hydroxyl groups is 1. The zero-order valence-electron chi connectivity index (χ0n) is 12.5. The van der Waals surface area contributed by atoms with Gasteiger partial charge < -0.3 is 16.2 Å². The van der Waals surface area contributed by atoms with Gasteiger partial charge in [-0.25, -0.2) is 0 Å². The lowest BCUT2D eigenvalue weighted by Crippen LogP contribution is -2.29. The Hall–Kier alpha value is -2.46. The minimum Gasteiger partial charge on any atom is -0.387 e. The molecule has 10 heteroatoms. The van der Waals surface area contributed by atoms with Crippen LogP contribution in [0.25, 0.3) is 0 Å². The molecule has 1 atom stereocenters. The van der Waals surface area contributed by atoms with Crippen LogP contribution in [-0.4, -0.2) is 39.1 Å². The predicted molar refractivity (Wildman–Crippen MR) is 77.8 cm³/mol. The molecular formula is C14H16F3N5O2. The first-order valence-corrected chi connectivity index (χ1v) is 7.05. The van der Waals surface area contributed by atoms with Crippen LogP contribution in [0.4, 0.5) is 13.2 Å². The van der Waals surface area contributed by atoms with Crippen LogP contribution in [0.1, 0.15) is 27.7 Å². The highest BCUT2D eigenvalue weighted by Gasteiger charge is 2.34. The summed E-state index contributed by atoms with van der Waals surface area (Å²) in [6.07, 6.45) is -4.74. The molecule has 2 aromatic rings. The Morgan fingerprint density at radius 1 is 1.38 bits per heavy atom. The van der Waals surface area contributed by atoms with E-state index in [0.29, 0.717) is 13.1 Å². The summed E-state index contributed by atoms with van der Waals surface area (Å²) in [5.74, 6) is -0.651. The van der Waals surface area contributed by atoms with Crippen molar-refractivity contribution in [3.63, 3.8) is 0 Å². The third-order valence-corrected chi connectivity index (χ3v) is 3.21. The van der Waals surface area contributed by atoms with E-state index in [1.165, 1.54) is 23.0 Å². The molecule has 0 aliphatic rings. The zero-order chi connectivity index (χ0) is 17.7. The van der Waals surface area contributed by atoms with Gasteiger partial charge in [0.25, 0.3) is 5.91 Å². The monoisotopic (exact) mass is 343 g/mol. The largest absolute Gasteiger partial charge is 0.416 e. The van der Waals surface area contributed by atoms with E-state index in [4.69, 9.17) is 5.73 Å². The molecule has 0 aliphatic heterocycles. The number of hydrogen-bond acceptors (Lipinski definition) is 5. The zero-order valence-corrected chi connectivity index (χ0v) is 12.5. The van der Waals surface area contributed by atoms with Gasteiger partial charge in [0.1, 0.15) is 0 Å². The van der Waals surface area contributed by atoms with E-state index in [-0.39, 0.29) is 11.3 Å². The SMILES string of the molecule is NCCn1cc(C(=O)NC[C@H](O)c2ccccc2C(F)(F)F)nn1. The maximum Gasteiger partial charge on any atom is 0.416 e. The summed E-state index contributed by atoms with van der Waals surface area (Å²) in [5, 5.41) is 19.6. The highest BCUT2D eigenvalue weighted by Crippen LogP contribution is 2.34. The van der Waals surface area contributed by atoms with Crippen LogP contribution >= 0.6 is 0 Å². The van der Waals surface area contributed by atoms with Crippen LogP contribution in [0.3, 0.4) is 0 Å². The molecule has 1 heterocycles. The van der Waals surface area contributed by atoms with Gasteiger partial charge in [-0.1, -0.05) is 23.4 Å². The normalized spacial score (nSPS) is 12.9. The van der Waals surface area contributed by atoms with Crippen LogP contribution in [0.2, 0.25) is 0 Å². The number of hydrogen-bond donors (Lipinski definition) is 3. The van der Waals surface area contributed by atoms with Crippen molar-refractivity contribution in [2.24, 2.45) is 5.73 Å². The first-order chi connectivity index (χ1) is 11.3. The first-order valence-electron chi connectivity index (χ1n) is 7.05. The van der Waals surface area contributed by atoms with E-state index in [1.54, 1.807) is 0 Å². The Balaban J connectivity index is 2.02. The average Bonchev–Trinajstić information content (AvgIpc) is 3.00. The molecule has 0 fully saturated rings. The van der Waals surface area contributed by atoms with Crippen LogP contribution < -0.4 is 11.1 Å². The van der Waals surface area contributed by atoms with Crippen molar-refractivity contribution in [3.05, 3.63) is 47.3 Å². The van der Waals surface area contributed by atoms with E-state index in [0.717, 1.165) is 12.1 Å². The van der Waals surface area contributed by atoms with Gasteiger partial charge in [-0.2, -0.15) is 13.2 Å². The molecule has 0 unspecified atom stereocenters. The molecule has 130 valence electrons. The number of carbonyl (C=O) groups excluding carboxylic acids is 1. The highest BCUT2D eigenvalue weighted by atomic mass is 19.4. The number of aliphatic hydroxyl groups excluding tert-OH is 1. The fourth-order valence-corrected chi connectivity index (χ4v) is 2.08. The van der Waals surface area contributed by atoms with E-state index in [2.05, 4.69) is 15.6 Å². The molecule has 0 saturated carbocycles. The first kappa shape index (κ1) is 17.9. The molecule has 0 bridgehead atoms. The maximum absolute atomic E-state index is 12.9. The quantitative estimate of drug-likeness (QED) is 0.717. The Morgan fingerprint density at radius 2 is 2.08 bits per heavy atom. The Labute approximate surface area is 135 Å². The summed E-state index contributed by atoms with van der Waals surface area (Å²) in [6, 6.07) is 4.65. The number of amides is 1. The maximum atomic E-state index is 12.9. The van der Waals surface area contributed by atoms with Gasteiger partial charge in [0.15, 0.2) is 5.69 Å². The number of halogens is 3. The van der Waals surface area contributed by atoms with Gasteiger partial charge in [-0.3, -0.25) is 9.48 Å². The Morgan fingerprint density at radius 3 is 2.75 bits per heavy atom. The van der Waals surface area contributed by atoms with Crippen molar-refractivity contribution in [2.75, 3.05) is 13.1 Å². The van der Waals surface area contributed by atoms with Crippen molar-refractivity contribution in [3.8, 4) is 0 Å². The van der Waals surface area contributed by atoms with Gasteiger partial charge in [0.05, 0.1) is 24.4 Å². The highest BCUT2D eigenvalue weighted by molar-refractivity contribution is 5.91. The van der Waals surface area contributed by atoms with E-state index in [9.17, 15) is 23.1 Å². The standard InChI is InChI=1S/C14H16F3N5O2/c15-14(16,17)10-4-2-1-3-9(10)12(23)7-19-13(24)11-8-22(6-5-18)21-20-11/h1-4,8,12,23H,5-7,18H2,(H,19,24)/t12-/m0/s1. The number of aromatic nitrogens is 3. The third-order valence-electron chi connectivity index (χ3n) is 3.21. The minimum absolute atomic E-state index is 0.0141. The van der Waals surface area contributed by atoms with Crippen molar-refractivity contribution in [1.29, 1.82) is 0 Å². The molecule has 4 N–H and O–H groups in total. The summed E-state index contributed by atoms with van der Waals surface area (Å²) in [7, 11) is 0. The van der Waals surface area contributed by atoms with Crippen molar-refractivity contribution in [2.45, 2.75) is 18.8 Å². The smallest absolute Gasteiger partial charge is 0.387 e. The van der Waals surface area contributed by atoms with Gasteiger partial charge in [0, 0.05) is 13.1 Å². The number of rotatable bonds is 6. The van der Waals surface area contributed by atoms with Crippen LogP contribution in [0.15, 0.2) is 30.5 Å². The summed E-state index contributed by atoms with van der Waals surface area (Å²) in [4.78, 5) is 11.9. The van der Waals surface area contributed by atoms with Gasteiger partial charge in [-0.05, 0) is 11.6 Å². The number of carbonyl (C=O) groups is 1. The average molecular weight is 343 g/mol. The molecular weight excluding hydrogens is 327 g/mol. The molecule has 1 amide bonds. The fraction of sp³-hybridized carbons (Fsp3) is 0.357. The molecule has 7 nitrogen and oxygen atoms in total. The second kappa shape index (κ2) is 7.41. The second-order valence-corrected chi connectivity index (χ2v) is 4.97. The van der Waals surface area contributed by atoms with Crippen molar-refractivity contribution >= 4 is 5.91 Å². The molecule has 1 aromatic carbocycles. The lowest BCUT2D eigenvalue weighted by atomic mass is 10.0. The van der Waals surface area contributed by atoms with Gasteiger partial charge in [-0.15, -0.1) is 5.10 Å². The lowest BCUT2D eigenvalue weighted by molar-refractivity contribution is -0.139. The minimum atomic E-state index is -4.59. The van der Waals surface area contributed by atoms with E-state index >= 15 is 0 Å². The molecule has 0 saturated heterocycles. The predicted octanol–water partition coefficient (Wildman–Crippen LogP) is 0.719. The number of alkyl halides is 3. The summed E-state index contributed by atoms with van der Waals surface area (Å²) in [5.41, 5.74) is 4.08. The number of benzene rings is 1. The van der Waals surface area contributed by atoms with E-state index < -0.39 is 30.3 Å². The molecule has 0 aliphatic carbocycles. The Kier molecular flexibility index (Phi) is 5.52. The number of nitrogens with two attached hydrogens (primary N) is 1. The molecule has 24 heavy (non-hydrogen) atoms. The fourth-order valence-electron chi connectivity index (χ4n) is 2.08. The molecule has 0 radical (unpaired) electrons. The summed E-state index contributed by atoms with van der Waals surface area (Å²) in [6.45, 7) is 0.300. The molecule has 2 rings (SSSR count). The Bertz CT molecular complexity index is 702. The van der Waals surface area contributed by atoms with E-state index in [1.807, 2.05) is 0 Å².